The lowest BCUT2D eigenvalue weighted by molar-refractivity contribution is -0.856. The minimum Gasteiger partial charge on any atom is -0.342 e. The summed E-state index contributed by atoms with van der Waals surface area (Å²) in [5.41, 5.74) is 2.75. The quantitative estimate of drug-likeness (QED) is 0.642. The highest BCUT2D eigenvalue weighted by Gasteiger charge is 2.13. The van der Waals surface area contributed by atoms with Crippen molar-refractivity contribution in [1.29, 1.82) is 0 Å². The molecule has 0 heterocycles. The van der Waals surface area contributed by atoms with Crippen molar-refractivity contribution in [2.24, 2.45) is 0 Å². The molecule has 0 aliphatic heterocycles. The van der Waals surface area contributed by atoms with Gasteiger partial charge in [-0.3, -0.25) is 9.59 Å². The molecule has 0 saturated carbocycles. The molecule has 0 spiro atoms. The standard InChI is InChI=1S/C14H21N3O2/c1-10-7-11(2)9-12(8-10)16-14(19)13(18)15-5-6-17(3)4/h7-9H,5-6H2,1-4H3,(H,15,18)(H,16,19)/p+1. The maximum absolute atomic E-state index is 11.7. The van der Waals surface area contributed by atoms with Crippen LogP contribution in [-0.2, 0) is 9.59 Å². The summed E-state index contributed by atoms with van der Waals surface area (Å²) in [5, 5.41) is 5.20. The van der Waals surface area contributed by atoms with Crippen LogP contribution < -0.4 is 15.5 Å². The third-order valence-corrected chi connectivity index (χ3v) is 2.60. The van der Waals surface area contributed by atoms with Gasteiger partial charge >= 0.3 is 11.8 Å². The van der Waals surface area contributed by atoms with E-state index in [0.29, 0.717) is 12.2 Å². The lowest BCUT2D eigenvalue weighted by Gasteiger charge is -2.09. The van der Waals surface area contributed by atoms with Crippen molar-refractivity contribution in [1.82, 2.24) is 5.32 Å². The predicted molar refractivity (Wildman–Crippen MR) is 75.2 cm³/mol. The Morgan fingerprint density at radius 1 is 1.05 bits per heavy atom. The van der Waals surface area contributed by atoms with Crippen LogP contribution in [0.5, 0.6) is 0 Å². The first-order valence-electron chi connectivity index (χ1n) is 6.35. The molecule has 1 aromatic carbocycles. The van der Waals surface area contributed by atoms with E-state index in [1.807, 2.05) is 46.1 Å². The number of likely N-dealkylation sites (N-methyl/N-ethyl adjacent to an activating group) is 1. The molecule has 5 nitrogen and oxygen atoms in total. The van der Waals surface area contributed by atoms with E-state index in [0.717, 1.165) is 17.7 Å². The van der Waals surface area contributed by atoms with Gasteiger partial charge in [-0.2, -0.15) is 0 Å². The van der Waals surface area contributed by atoms with Gasteiger partial charge in [0.2, 0.25) is 0 Å². The number of benzene rings is 1. The highest BCUT2D eigenvalue weighted by atomic mass is 16.2. The fourth-order valence-corrected chi connectivity index (χ4v) is 1.74. The SMILES string of the molecule is Cc1cc(C)cc(NC(=O)C(=O)NCC[NH+](C)C)c1. The molecular formula is C14H22N3O2+. The Labute approximate surface area is 114 Å². The lowest BCUT2D eigenvalue weighted by atomic mass is 10.1. The second kappa shape index (κ2) is 6.89. The number of carbonyl (C=O) groups excluding carboxylic acids is 2. The van der Waals surface area contributed by atoms with E-state index in [9.17, 15) is 9.59 Å². The smallest absolute Gasteiger partial charge is 0.313 e. The van der Waals surface area contributed by atoms with Crippen LogP contribution in [0.25, 0.3) is 0 Å². The summed E-state index contributed by atoms with van der Waals surface area (Å²) in [4.78, 5) is 24.5. The van der Waals surface area contributed by atoms with Crippen molar-refractivity contribution in [2.45, 2.75) is 13.8 Å². The predicted octanol–water partition coefficient (Wildman–Crippen LogP) is -0.497. The van der Waals surface area contributed by atoms with Crippen molar-refractivity contribution in [3.05, 3.63) is 29.3 Å². The molecule has 19 heavy (non-hydrogen) atoms. The minimum absolute atomic E-state index is 0.488. The van der Waals surface area contributed by atoms with E-state index in [1.165, 1.54) is 4.90 Å². The van der Waals surface area contributed by atoms with Crippen molar-refractivity contribution < 1.29 is 14.5 Å². The van der Waals surface area contributed by atoms with E-state index in [4.69, 9.17) is 0 Å². The minimum atomic E-state index is -0.626. The number of amides is 2. The molecule has 0 radical (unpaired) electrons. The Hall–Kier alpha value is -1.88. The van der Waals surface area contributed by atoms with E-state index in [1.54, 1.807) is 0 Å². The van der Waals surface area contributed by atoms with Gasteiger partial charge in [0.25, 0.3) is 0 Å². The molecule has 1 aromatic rings. The highest BCUT2D eigenvalue weighted by Crippen LogP contribution is 2.13. The summed E-state index contributed by atoms with van der Waals surface area (Å²) in [5.74, 6) is -1.22. The Balaban J connectivity index is 2.52. The summed E-state index contributed by atoms with van der Waals surface area (Å²) in [7, 11) is 3.98. The monoisotopic (exact) mass is 264 g/mol. The lowest BCUT2D eigenvalue weighted by Crippen LogP contribution is -3.06. The van der Waals surface area contributed by atoms with Gasteiger partial charge in [-0.1, -0.05) is 6.07 Å². The molecule has 0 saturated heterocycles. The molecule has 104 valence electrons. The van der Waals surface area contributed by atoms with Crippen LogP contribution in [0.15, 0.2) is 18.2 Å². The number of carbonyl (C=O) groups is 2. The molecule has 5 heteroatoms. The zero-order valence-electron chi connectivity index (χ0n) is 12.0. The molecule has 0 atom stereocenters. The largest absolute Gasteiger partial charge is 0.342 e. The van der Waals surface area contributed by atoms with Crippen molar-refractivity contribution >= 4 is 17.5 Å². The number of hydrogen-bond donors (Lipinski definition) is 3. The second-order valence-corrected chi connectivity index (χ2v) is 5.04. The summed E-state index contributed by atoms with van der Waals surface area (Å²) in [6, 6.07) is 5.68. The average molecular weight is 264 g/mol. The van der Waals surface area contributed by atoms with Gasteiger partial charge in [-0.25, -0.2) is 0 Å². The van der Waals surface area contributed by atoms with Crippen molar-refractivity contribution in [2.75, 3.05) is 32.5 Å². The van der Waals surface area contributed by atoms with Gasteiger partial charge in [-0.15, -0.1) is 0 Å². The van der Waals surface area contributed by atoms with Gasteiger partial charge in [-0.05, 0) is 37.1 Å². The van der Waals surface area contributed by atoms with Gasteiger partial charge in [0.1, 0.15) is 0 Å². The molecule has 3 N–H and O–H groups in total. The van der Waals surface area contributed by atoms with Crippen LogP contribution >= 0.6 is 0 Å². The third kappa shape index (κ3) is 5.52. The van der Waals surface area contributed by atoms with E-state index < -0.39 is 11.8 Å². The Morgan fingerprint density at radius 3 is 2.16 bits per heavy atom. The number of aryl methyl sites for hydroxylation is 2. The van der Waals surface area contributed by atoms with Gasteiger partial charge in [0.05, 0.1) is 27.2 Å². The fourth-order valence-electron chi connectivity index (χ4n) is 1.74. The van der Waals surface area contributed by atoms with Gasteiger partial charge < -0.3 is 15.5 Å². The molecule has 0 unspecified atom stereocenters. The molecule has 0 bridgehead atoms. The normalized spacial score (nSPS) is 10.4. The molecular weight excluding hydrogens is 242 g/mol. The van der Waals surface area contributed by atoms with Gasteiger partial charge in [0, 0.05) is 5.69 Å². The number of anilines is 1. The van der Waals surface area contributed by atoms with E-state index in [-0.39, 0.29) is 0 Å². The summed E-state index contributed by atoms with van der Waals surface area (Å²) in [6.45, 7) is 5.16. The van der Waals surface area contributed by atoms with Gasteiger partial charge in [0.15, 0.2) is 0 Å². The average Bonchev–Trinajstić information content (AvgIpc) is 2.26. The molecule has 1 rings (SSSR count). The Kier molecular flexibility index (Phi) is 5.51. The number of quaternary nitrogens is 1. The van der Waals surface area contributed by atoms with Crippen LogP contribution in [0, 0.1) is 13.8 Å². The summed E-state index contributed by atoms with van der Waals surface area (Å²) >= 11 is 0. The van der Waals surface area contributed by atoms with Crippen LogP contribution in [0.4, 0.5) is 5.69 Å². The zero-order valence-corrected chi connectivity index (χ0v) is 12.0. The zero-order chi connectivity index (χ0) is 14.4. The third-order valence-electron chi connectivity index (χ3n) is 2.60. The van der Waals surface area contributed by atoms with Crippen LogP contribution in [-0.4, -0.2) is 39.0 Å². The maximum atomic E-state index is 11.7. The van der Waals surface area contributed by atoms with Crippen molar-refractivity contribution in [3.63, 3.8) is 0 Å². The Morgan fingerprint density at radius 2 is 1.63 bits per heavy atom. The number of nitrogens with one attached hydrogen (secondary N) is 3. The number of hydrogen-bond acceptors (Lipinski definition) is 2. The first kappa shape index (κ1) is 15.2. The van der Waals surface area contributed by atoms with E-state index in [2.05, 4.69) is 10.6 Å². The fraction of sp³-hybridized carbons (Fsp3) is 0.429. The molecule has 0 fully saturated rings. The molecule has 0 aliphatic rings. The van der Waals surface area contributed by atoms with Crippen LogP contribution in [0.3, 0.4) is 0 Å². The molecule has 2 amide bonds. The van der Waals surface area contributed by atoms with Crippen molar-refractivity contribution in [3.8, 4) is 0 Å². The summed E-state index contributed by atoms with van der Waals surface area (Å²) < 4.78 is 0. The summed E-state index contributed by atoms with van der Waals surface area (Å²) in [6.07, 6.45) is 0. The second-order valence-electron chi connectivity index (χ2n) is 5.04. The first-order chi connectivity index (χ1) is 8.88. The Bertz CT molecular complexity index is 450. The van der Waals surface area contributed by atoms with E-state index >= 15 is 0 Å². The number of rotatable bonds is 4. The highest BCUT2D eigenvalue weighted by molar-refractivity contribution is 6.39. The molecule has 0 aromatic heterocycles. The molecule has 0 aliphatic carbocycles. The van der Waals surface area contributed by atoms with Crippen LogP contribution in [0.1, 0.15) is 11.1 Å². The van der Waals surface area contributed by atoms with Crippen LogP contribution in [0.2, 0.25) is 0 Å². The first-order valence-corrected chi connectivity index (χ1v) is 6.35. The topological polar surface area (TPSA) is 62.6 Å². The maximum Gasteiger partial charge on any atom is 0.313 e.